The van der Waals surface area contributed by atoms with Crippen LogP contribution in [0.15, 0.2) is 0 Å². The zero-order chi connectivity index (χ0) is 6.41. The number of hydrogen-bond donors (Lipinski definition) is 1. The Morgan fingerprint density at radius 3 is 2.62 bits per heavy atom. The SMILES string of the molecule is C#CCCNC(C)C. The van der Waals surface area contributed by atoms with E-state index in [1.54, 1.807) is 0 Å². The lowest BCUT2D eigenvalue weighted by Gasteiger charge is -2.03. The Morgan fingerprint density at radius 2 is 2.25 bits per heavy atom. The molecular weight excluding hydrogens is 98.1 g/mol. The maximum atomic E-state index is 5.02. The van der Waals surface area contributed by atoms with Crippen LogP contribution in [0.4, 0.5) is 0 Å². The molecule has 0 amide bonds. The Kier molecular flexibility index (Phi) is 4.39. The highest BCUT2D eigenvalue weighted by molar-refractivity contribution is 4.84. The van der Waals surface area contributed by atoms with Gasteiger partial charge in [0.2, 0.25) is 0 Å². The minimum Gasteiger partial charge on any atom is -0.314 e. The first kappa shape index (κ1) is 7.52. The predicted molar refractivity (Wildman–Crippen MR) is 36.6 cm³/mol. The summed E-state index contributed by atoms with van der Waals surface area (Å²) in [6.07, 6.45) is 5.86. The van der Waals surface area contributed by atoms with Crippen molar-refractivity contribution in [3.8, 4) is 12.3 Å². The number of rotatable bonds is 3. The summed E-state index contributed by atoms with van der Waals surface area (Å²) >= 11 is 0. The van der Waals surface area contributed by atoms with Crippen LogP contribution in [0.25, 0.3) is 0 Å². The summed E-state index contributed by atoms with van der Waals surface area (Å²) in [6, 6.07) is 0.559. The van der Waals surface area contributed by atoms with Crippen molar-refractivity contribution in [3.05, 3.63) is 0 Å². The first-order valence-corrected chi connectivity index (χ1v) is 2.94. The molecule has 0 aliphatic rings. The van der Waals surface area contributed by atoms with Gasteiger partial charge >= 0.3 is 0 Å². The molecule has 0 aromatic carbocycles. The van der Waals surface area contributed by atoms with E-state index >= 15 is 0 Å². The van der Waals surface area contributed by atoms with Gasteiger partial charge in [-0.15, -0.1) is 12.3 Å². The van der Waals surface area contributed by atoms with Crippen LogP contribution in [0.2, 0.25) is 0 Å². The van der Waals surface area contributed by atoms with Gasteiger partial charge in [0.05, 0.1) is 0 Å². The van der Waals surface area contributed by atoms with Gasteiger partial charge < -0.3 is 5.32 Å². The Hall–Kier alpha value is -0.480. The van der Waals surface area contributed by atoms with Gasteiger partial charge in [0.1, 0.15) is 0 Å². The fourth-order valence-electron chi connectivity index (χ4n) is 0.433. The maximum Gasteiger partial charge on any atom is 0.0211 e. The molecule has 0 saturated carbocycles. The summed E-state index contributed by atoms with van der Waals surface area (Å²) in [5, 5.41) is 3.20. The Labute approximate surface area is 51.5 Å². The fraction of sp³-hybridized carbons (Fsp3) is 0.714. The van der Waals surface area contributed by atoms with Crippen molar-refractivity contribution in [3.63, 3.8) is 0 Å². The highest BCUT2D eigenvalue weighted by atomic mass is 14.9. The molecule has 8 heavy (non-hydrogen) atoms. The van der Waals surface area contributed by atoms with Crippen molar-refractivity contribution in [2.24, 2.45) is 0 Å². The fourth-order valence-corrected chi connectivity index (χ4v) is 0.433. The Balaban J connectivity index is 2.85. The molecule has 0 unspecified atom stereocenters. The van der Waals surface area contributed by atoms with Gasteiger partial charge in [0.25, 0.3) is 0 Å². The minimum absolute atomic E-state index is 0.559. The number of nitrogens with one attached hydrogen (secondary N) is 1. The lowest BCUT2D eigenvalue weighted by molar-refractivity contribution is 0.598. The highest BCUT2D eigenvalue weighted by Gasteiger charge is 1.86. The minimum atomic E-state index is 0.559. The van der Waals surface area contributed by atoms with Crippen molar-refractivity contribution < 1.29 is 0 Å². The van der Waals surface area contributed by atoms with Crippen LogP contribution < -0.4 is 5.32 Å². The summed E-state index contributed by atoms with van der Waals surface area (Å²) in [6.45, 7) is 5.15. The third kappa shape index (κ3) is 5.52. The van der Waals surface area contributed by atoms with Gasteiger partial charge in [-0.25, -0.2) is 0 Å². The summed E-state index contributed by atoms with van der Waals surface area (Å²) in [5.41, 5.74) is 0. The summed E-state index contributed by atoms with van der Waals surface area (Å²) in [4.78, 5) is 0. The average Bonchev–Trinajstić information content (AvgIpc) is 1.66. The van der Waals surface area contributed by atoms with E-state index < -0.39 is 0 Å². The smallest absolute Gasteiger partial charge is 0.0211 e. The topological polar surface area (TPSA) is 12.0 Å². The second-order valence-corrected chi connectivity index (χ2v) is 2.06. The van der Waals surface area contributed by atoms with Crippen molar-refractivity contribution >= 4 is 0 Å². The van der Waals surface area contributed by atoms with E-state index in [1.807, 2.05) is 0 Å². The zero-order valence-electron chi connectivity index (χ0n) is 5.57. The average molecular weight is 111 g/mol. The largest absolute Gasteiger partial charge is 0.314 e. The monoisotopic (exact) mass is 111 g/mol. The van der Waals surface area contributed by atoms with Crippen molar-refractivity contribution in [1.82, 2.24) is 5.32 Å². The van der Waals surface area contributed by atoms with Crippen LogP contribution in [0.3, 0.4) is 0 Å². The number of hydrogen-bond acceptors (Lipinski definition) is 1. The van der Waals surface area contributed by atoms with Crippen LogP contribution in [0, 0.1) is 12.3 Å². The molecule has 0 aliphatic heterocycles. The van der Waals surface area contributed by atoms with Crippen LogP contribution in [0.1, 0.15) is 20.3 Å². The molecule has 0 aliphatic carbocycles. The molecule has 0 radical (unpaired) electrons. The lowest BCUT2D eigenvalue weighted by atomic mass is 10.3. The van der Waals surface area contributed by atoms with Crippen molar-refractivity contribution in [2.45, 2.75) is 26.3 Å². The normalized spacial score (nSPS) is 9.25. The van der Waals surface area contributed by atoms with Gasteiger partial charge in [-0.2, -0.15) is 0 Å². The second kappa shape index (κ2) is 4.67. The Morgan fingerprint density at radius 1 is 1.62 bits per heavy atom. The van der Waals surface area contributed by atoms with Gasteiger partial charge in [-0.3, -0.25) is 0 Å². The molecule has 0 bridgehead atoms. The van der Waals surface area contributed by atoms with E-state index in [9.17, 15) is 0 Å². The maximum absolute atomic E-state index is 5.02. The second-order valence-electron chi connectivity index (χ2n) is 2.06. The molecule has 1 nitrogen and oxygen atoms in total. The standard InChI is InChI=1S/C7H13N/c1-4-5-6-8-7(2)3/h1,7-8H,5-6H2,2-3H3. The van der Waals surface area contributed by atoms with E-state index in [0.29, 0.717) is 6.04 Å². The highest BCUT2D eigenvalue weighted by Crippen LogP contribution is 1.76. The summed E-state index contributed by atoms with van der Waals surface area (Å²) in [7, 11) is 0. The van der Waals surface area contributed by atoms with E-state index in [2.05, 4.69) is 25.1 Å². The first-order chi connectivity index (χ1) is 3.77. The molecular formula is C7H13N. The van der Waals surface area contributed by atoms with Crippen LogP contribution >= 0.6 is 0 Å². The van der Waals surface area contributed by atoms with Gasteiger partial charge in [-0.1, -0.05) is 13.8 Å². The summed E-state index contributed by atoms with van der Waals surface area (Å²) in [5.74, 6) is 2.56. The first-order valence-electron chi connectivity index (χ1n) is 2.94. The van der Waals surface area contributed by atoms with E-state index in [4.69, 9.17) is 6.42 Å². The molecule has 0 saturated heterocycles. The quantitative estimate of drug-likeness (QED) is 0.423. The van der Waals surface area contributed by atoms with E-state index in [1.165, 1.54) is 0 Å². The molecule has 0 aromatic heterocycles. The molecule has 1 N–H and O–H groups in total. The van der Waals surface area contributed by atoms with E-state index in [-0.39, 0.29) is 0 Å². The third-order valence-electron chi connectivity index (χ3n) is 0.822. The third-order valence-corrected chi connectivity index (χ3v) is 0.822. The van der Waals surface area contributed by atoms with Gasteiger partial charge in [0.15, 0.2) is 0 Å². The molecule has 1 heteroatoms. The van der Waals surface area contributed by atoms with Crippen LogP contribution in [-0.4, -0.2) is 12.6 Å². The van der Waals surface area contributed by atoms with Crippen LogP contribution in [-0.2, 0) is 0 Å². The molecule has 0 rings (SSSR count). The number of terminal acetylenes is 1. The predicted octanol–water partition coefficient (Wildman–Crippen LogP) is 1.01. The van der Waals surface area contributed by atoms with Crippen molar-refractivity contribution in [1.29, 1.82) is 0 Å². The Bertz CT molecular complexity index is 78.9. The summed E-state index contributed by atoms with van der Waals surface area (Å²) < 4.78 is 0. The van der Waals surface area contributed by atoms with Gasteiger partial charge in [-0.05, 0) is 0 Å². The molecule has 0 heterocycles. The zero-order valence-corrected chi connectivity index (χ0v) is 5.57. The molecule has 0 spiro atoms. The molecule has 46 valence electrons. The molecule has 0 atom stereocenters. The molecule has 0 aromatic rings. The van der Waals surface area contributed by atoms with Crippen LogP contribution in [0.5, 0.6) is 0 Å². The lowest BCUT2D eigenvalue weighted by Crippen LogP contribution is -2.23. The van der Waals surface area contributed by atoms with Crippen molar-refractivity contribution in [2.75, 3.05) is 6.54 Å². The van der Waals surface area contributed by atoms with Gasteiger partial charge in [0, 0.05) is 19.0 Å². The van der Waals surface area contributed by atoms with E-state index in [0.717, 1.165) is 13.0 Å². The molecule has 0 fully saturated rings.